The minimum Gasteiger partial charge on any atom is -0.480 e. The average molecular weight is 301 g/mol. The van der Waals surface area contributed by atoms with Gasteiger partial charge in [0.05, 0.1) is 5.88 Å². The van der Waals surface area contributed by atoms with Crippen LogP contribution in [0, 0.1) is 0 Å². The Hall–Kier alpha value is -1.77. The van der Waals surface area contributed by atoms with E-state index in [1.165, 1.54) is 23.7 Å². The molecule has 0 bridgehead atoms. The zero-order valence-corrected chi connectivity index (χ0v) is 11.7. The largest absolute Gasteiger partial charge is 0.480 e. The summed E-state index contributed by atoms with van der Waals surface area (Å²) >= 11 is 1.35. The molecule has 0 aromatic carbocycles. The predicted molar refractivity (Wildman–Crippen MR) is 69.9 cm³/mol. The molecule has 0 radical (unpaired) electrons. The lowest BCUT2D eigenvalue weighted by molar-refractivity contribution is -0.147. The summed E-state index contributed by atoms with van der Waals surface area (Å²) in [5.41, 5.74) is 0. The van der Waals surface area contributed by atoms with Crippen LogP contribution in [-0.2, 0) is 14.4 Å². The summed E-state index contributed by atoms with van der Waals surface area (Å²) in [6, 6.07) is -2.23. The van der Waals surface area contributed by atoms with Crippen molar-refractivity contribution >= 4 is 35.6 Å². The van der Waals surface area contributed by atoms with Crippen LogP contribution in [0.25, 0.3) is 0 Å². The van der Waals surface area contributed by atoms with Gasteiger partial charge in [-0.3, -0.25) is 14.5 Å². The fourth-order valence-electron chi connectivity index (χ4n) is 2.13. The van der Waals surface area contributed by atoms with Crippen molar-refractivity contribution in [2.75, 3.05) is 18.7 Å². The van der Waals surface area contributed by atoms with Gasteiger partial charge < -0.3 is 15.3 Å². The SMILES string of the molecule is CN1C(=O)CCC(NC(=O)N2CSCC2C(=O)O)C1=O. The number of aliphatic carboxylic acids is 1. The second-order valence-corrected chi connectivity index (χ2v) is 5.66. The number of likely N-dealkylation sites (N-methyl/N-ethyl adjacent to an activating group) is 1. The molecule has 2 N–H and O–H groups in total. The van der Waals surface area contributed by atoms with Gasteiger partial charge in [-0.25, -0.2) is 9.59 Å². The molecule has 2 saturated heterocycles. The fourth-order valence-corrected chi connectivity index (χ4v) is 3.27. The van der Waals surface area contributed by atoms with E-state index < -0.39 is 30.0 Å². The number of carboxylic acid groups (broad SMARTS) is 1. The third-order valence-corrected chi connectivity index (χ3v) is 4.39. The normalized spacial score (nSPS) is 26.9. The molecule has 0 aromatic heterocycles. The van der Waals surface area contributed by atoms with Crippen LogP contribution in [0.2, 0.25) is 0 Å². The summed E-state index contributed by atoms with van der Waals surface area (Å²) in [5.74, 6) is -1.19. The Labute approximate surface area is 119 Å². The van der Waals surface area contributed by atoms with E-state index in [1.807, 2.05) is 0 Å². The molecule has 9 heteroatoms. The van der Waals surface area contributed by atoms with Crippen molar-refractivity contribution in [1.29, 1.82) is 0 Å². The van der Waals surface area contributed by atoms with Gasteiger partial charge in [0.15, 0.2) is 0 Å². The standard InChI is InChI=1S/C11H15N3O5S/c1-13-8(15)3-2-6(9(13)16)12-11(19)14-5-20-4-7(14)10(17)18/h6-7H,2-5H2,1H3,(H,12,19)(H,17,18). The Kier molecular flexibility index (Phi) is 4.17. The molecule has 0 aromatic rings. The molecule has 2 unspecified atom stereocenters. The molecule has 8 nitrogen and oxygen atoms in total. The molecule has 20 heavy (non-hydrogen) atoms. The Morgan fingerprint density at radius 1 is 1.40 bits per heavy atom. The molecule has 2 atom stereocenters. The molecule has 2 heterocycles. The van der Waals surface area contributed by atoms with Crippen LogP contribution in [0.5, 0.6) is 0 Å². The molecule has 2 aliphatic heterocycles. The van der Waals surface area contributed by atoms with Crippen molar-refractivity contribution in [1.82, 2.24) is 15.1 Å². The minimum atomic E-state index is -1.06. The zero-order valence-electron chi connectivity index (χ0n) is 10.9. The molecule has 2 aliphatic rings. The maximum Gasteiger partial charge on any atom is 0.327 e. The number of carboxylic acids is 1. The number of urea groups is 1. The lowest BCUT2D eigenvalue weighted by Crippen LogP contribution is -2.56. The topological polar surface area (TPSA) is 107 Å². The maximum absolute atomic E-state index is 12.0. The van der Waals surface area contributed by atoms with Gasteiger partial charge in [-0.05, 0) is 6.42 Å². The number of hydrogen-bond acceptors (Lipinski definition) is 5. The van der Waals surface area contributed by atoms with Crippen LogP contribution in [0.15, 0.2) is 0 Å². The van der Waals surface area contributed by atoms with Gasteiger partial charge in [0.2, 0.25) is 5.91 Å². The van der Waals surface area contributed by atoms with Crippen LogP contribution >= 0.6 is 11.8 Å². The number of hydrogen-bond donors (Lipinski definition) is 2. The molecule has 2 fully saturated rings. The summed E-state index contributed by atoms with van der Waals surface area (Å²) in [6.45, 7) is 0. The van der Waals surface area contributed by atoms with Crippen molar-refractivity contribution < 1.29 is 24.3 Å². The van der Waals surface area contributed by atoms with E-state index in [-0.39, 0.29) is 24.6 Å². The van der Waals surface area contributed by atoms with Crippen LogP contribution in [0.4, 0.5) is 4.79 Å². The molecule has 2 rings (SSSR count). The van der Waals surface area contributed by atoms with E-state index in [0.717, 1.165) is 4.90 Å². The van der Waals surface area contributed by atoms with E-state index in [2.05, 4.69) is 5.32 Å². The van der Waals surface area contributed by atoms with E-state index in [9.17, 15) is 19.2 Å². The van der Waals surface area contributed by atoms with Gasteiger partial charge in [0.25, 0.3) is 5.91 Å². The highest BCUT2D eigenvalue weighted by Gasteiger charge is 2.38. The molecular weight excluding hydrogens is 286 g/mol. The molecule has 0 saturated carbocycles. The lowest BCUT2D eigenvalue weighted by atomic mass is 10.1. The maximum atomic E-state index is 12.0. The molecule has 0 spiro atoms. The molecule has 4 amide bonds. The number of imide groups is 1. The highest BCUT2D eigenvalue weighted by Crippen LogP contribution is 2.21. The lowest BCUT2D eigenvalue weighted by Gasteiger charge is -2.30. The summed E-state index contributed by atoms with van der Waals surface area (Å²) in [4.78, 5) is 48.4. The summed E-state index contributed by atoms with van der Waals surface area (Å²) in [6.07, 6.45) is 0.427. The quantitative estimate of drug-likeness (QED) is 0.653. The van der Waals surface area contributed by atoms with Gasteiger partial charge in [-0.2, -0.15) is 0 Å². The van der Waals surface area contributed by atoms with Crippen molar-refractivity contribution in [2.24, 2.45) is 0 Å². The summed E-state index contributed by atoms with van der Waals surface area (Å²) < 4.78 is 0. The van der Waals surface area contributed by atoms with Crippen molar-refractivity contribution in [3.05, 3.63) is 0 Å². The number of nitrogens with zero attached hydrogens (tertiary/aromatic N) is 2. The van der Waals surface area contributed by atoms with Crippen molar-refractivity contribution in [3.63, 3.8) is 0 Å². The summed E-state index contributed by atoms with van der Waals surface area (Å²) in [5, 5.41) is 11.5. The van der Waals surface area contributed by atoms with Crippen LogP contribution in [-0.4, -0.2) is 69.5 Å². The number of rotatable bonds is 2. The second kappa shape index (κ2) is 5.70. The fraction of sp³-hybridized carbons (Fsp3) is 0.636. The molecule has 110 valence electrons. The Morgan fingerprint density at radius 2 is 2.10 bits per heavy atom. The van der Waals surface area contributed by atoms with Crippen LogP contribution in [0.1, 0.15) is 12.8 Å². The number of nitrogens with one attached hydrogen (secondary N) is 1. The Balaban J connectivity index is 1.99. The van der Waals surface area contributed by atoms with E-state index in [0.29, 0.717) is 5.75 Å². The van der Waals surface area contributed by atoms with Gasteiger partial charge in [-0.1, -0.05) is 0 Å². The monoisotopic (exact) mass is 301 g/mol. The number of thioether (sulfide) groups is 1. The van der Waals surface area contributed by atoms with Gasteiger partial charge >= 0.3 is 12.0 Å². The highest BCUT2D eigenvalue weighted by molar-refractivity contribution is 7.99. The first kappa shape index (κ1) is 14.6. The highest BCUT2D eigenvalue weighted by atomic mass is 32.2. The van der Waals surface area contributed by atoms with E-state index >= 15 is 0 Å². The predicted octanol–water partition coefficient (Wildman–Crippen LogP) is -0.697. The first-order valence-electron chi connectivity index (χ1n) is 6.10. The van der Waals surface area contributed by atoms with E-state index in [1.54, 1.807) is 0 Å². The third-order valence-electron chi connectivity index (χ3n) is 3.38. The van der Waals surface area contributed by atoms with Crippen molar-refractivity contribution in [3.8, 4) is 0 Å². The van der Waals surface area contributed by atoms with Gasteiger partial charge in [0, 0.05) is 19.2 Å². The first-order valence-corrected chi connectivity index (χ1v) is 7.25. The number of carbonyl (C=O) groups excluding carboxylic acids is 3. The molecular formula is C11H15N3O5S. The third kappa shape index (κ3) is 2.72. The average Bonchev–Trinajstić information content (AvgIpc) is 2.89. The Morgan fingerprint density at radius 3 is 2.75 bits per heavy atom. The number of carbonyl (C=O) groups is 4. The zero-order chi connectivity index (χ0) is 14.9. The van der Waals surface area contributed by atoms with E-state index in [4.69, 9.17) is 5.11 Å². The number of piperidine rings is 1. The minimum absolute atomic E-state index is 0.185. The second-order valence-electron chi connectivity index (χ2n) is 4.66. The first-order chi connectivity index (χ1) is 9.41. The van der Waals surface area contributed by atoms with Gasteiger partial charge in [0.1, 0.15) is 12.1 Å². The number of amides is 4. The van der Waals surface area contributed by atoms with Crippen LogP contribution in [0.3, 0.4) is 0 Å². The van der Waals surface area contributed by atoms with Gasteiger partial charge in [-0.15, -0.1) is 11.8 Å². The van der Waals surface area contributed by atoms with Crippen molar-refractivity contribution in [2.45, 2.75) is 24.9 Å². The van der Waals surface area contributed by atoms with Crippen LogP contribution < -0.4 is 5.32 Å². The smallest absolute Gasteiger partial charge is 0.327 e. The summed E-state index contributed by atoms with van der Waals surface area (Å²) in [7, 11) is 1.37. The molecule has 0 aliphatic carbocycles. The number of likely N-dealkylation sites (tertiary alicyclic amines) is 1. The Bertz CT molecular complexity index is 469.